The van der Waals surface area contributed by atoms with Crippen LogP contribution in [0.15, 0.2) is 34.7 Å². The van der Waals surface area contributed by atoms with Crippen molar-refractivity contribution in [1.29, 1.82) is 0 Å². The highest BCUT2D eigenvalue weighted by Gasteiger charge is 2.13. The fraction of sp³-hybridized carbons (Fsp3) is 0.278. The molecule has 2 aromatic rings. The van der Waals surface area contributed by atoms with Crippen molar-refractivity contribution in [2.45, 2.75) is 27.2 Å². The summed E-state index contributed by atoms with van der Waals surface area (Å²) in [5, 5.41) is 14.8. The normalized spacial score (nSPS) is 10.6. The van der Waals surface area contributed by atoms with Gasteiger partial charge in [0.15, 0.2) is 5.11 Å². The number of hydrogen-bond donors (Lipinski definition) is 3. The number of aryl methyl sites for hydroxylation is 1. The fourth-order valence-electron chi connectivity index (χ4n) is 2.27. The summed E-state index contributed by atoms with van der Waals surface area (Å²) in [5.74, 6) is -0.683. The predicted octanol–water partition coefficient (Wildman–Crippen LogP) is 3.81. The number of anilines is 1. The average molecular weight is 360 g/mol. The highest BCUT2D eigenvalue weighted by atomic mass is 32.1. The van der Waals surface area contributed by atoms with Crippen LogP contribution in [0, 0.1) is 12.8 Å². The Morgan fingerprint density at radius 2 is 1.96 bits per heavy atom. The molecule has 0 saturated heterocycles. The summed E-state index contributed by atoms with van der Waals surface area (Å²) >= 11 is 5.15. The van der Waals surface area contributed by atoms with Gasteiger partial charge in [0, 0.05) is 17.7 Å². The third-order valence-electron chi connectivity index (χ3n) is 3.42. The van der Waals surface area contributed by atoms with E-state index in [0.717, 1.165) is 11.1 Å². The molecule has 6 nitrogen and oxygen atoms in total. The van der Waals surface area contributed by atoms with Crippen LogP contribution in [0.1, 0.15) is 36.4 Å². The molecule has 0 unspecified atom stereocenters. The van der Waals surface area contributed by atoms with Crippen molar-refractivity contribution in [3.8, 4) is 11.3 Å². The largest absolute Gasteiger partial charge is 0.475 e. The fourth-order valence-corrected chi connectivity index (χ4v) is 2.51. The third-order valence-corrected chi connectivity index (χ3v) is 3.63. The SMILES string of the molecule is Cc1ccc(NC(=S)NC(=O)CC(C)C)cc1-c1ccc(C(=O)O)o1. The minimum atomic E-state index is -1.12. The van der Waals surface area contributed by atoms with Gasteiger partial charge in [0.25, 0.3) is 0 Å². The first-order chi connectivity index (χ1) is 11.8. The van der Waals surface area contributed by atoms with Gasteiger partial charge in [-0.1, -0.05) is 19.9 Å². The van der Waals surface area contributed by atoms with Crippen LogP contribution in [0.3, 0.4) is 0 Å². The molecule has 0 radical (unpaired) electrons. The van der Waals surface area contributed by atoms with Crippen molar-refractivity contribution in [2.24, 2.45) is 5.92 Å². The van der Waals surface area contributed by atoms with Gasteiger partial charge >= 0.3 is 5.97 Å². The first-order valence-electron chi connectivity index (χ1n) is 7.81. The monoisotopic (exact) mass is 360 g/mol. The van der Waals surface area contributed by atoms with Gasteiger partial charge in [0.05, 0.1) is 0 Å². The standard InChI is InChI=1S/C18H20N2O4S/c1-10(2)8-16(21)20-18(25)19-12-5-4-11(3)13(9-12)14-6-7-15(24-14)17(22)23/h4-7,9-10H,8H2,1-3H3,(H,22,23)(H2,19,20,21,25). The van der Waals surface area contributed by atoms with E-state index in [0.29, 0.717) is 17.9 Å². The minimum Gasteiger partial charge on any atom is -0.475 e. The molecule has 0 fully saturated rings. The Kier molecular flexibility index (Phi) is 5.93. The average Bonchev–Trinajstić information content (AvgIpc) is 2.98. The highest BCUT2D eigenvalue weighted by Crippen LogP contribution is 2.28. The lowest BCUT2D eigenvalue weighted by Crippen LogP contribution is -2.34. The number of aromatic carboxylic acids is 1. The molecule has 1 amide bonds. The van der Waals surface area contributed by atoms with Crippen LogP contribution in [-0.2, 0) is 4.79 Å². The summed E-state index contributed by atoms with van der Waals surface area (Å²) in [5.41, 5.74) is 2.34. The molecule has 1 heterocycles. The number of amides is 1. The maximum Gasteiger partial charge on any atom is 0.371 e. The van der Waals surface area contributed by atoms with Gasteiger partial charge in [-0.3, -0.25) is 4.79 Å². The van der Waals surface area contributed by atoms with Crippen LogP contribution < -0.4 is 10.6 Å². The van der Waals surface area contributed by atoms with Crippen LogP contribution in [0.4, 0.5) is 5.69 Å². The van der Waals surface area contributed by atoms with Crippen molar-refractivity contribution in [1.82, 2.24) is 5.32 Å². The number of carboxylic acids is 1. The first kappa shape index (κ1) is 18.7. The quantitative estimate of drug-likeness (QED) is 0.702. The minimum absolute atomic E-state index is 0.121. The Labute approximate surface area is 151 Å². The number of furan rings is 1. The van der Waals surface area contributed by atoms with E-state index in [1.807, 2.05) is 32.9 Å². The van der Waals surface area contributed by atoms with Crippen LogP contribution >= 0.6 is 12.2 Å². The second-order valence-corrected chi connectivity index (χ2v) is 6.51. The maximum absolute atomic E-state index is 11.8. The number of carboxylic acid groups (broad SMARTS) is 1. The van der Waals surface area contributed by atoms with Gasteiger partial charge < -0.3 is 20.2 Å². The third kappa shape index (κ3) is 5.15. The van der Waals surface area contributed by atoms with Gasteiger partial charge in [0.2, 0.25) is 11.7 Å². The summed E-state index contributed by atoms with van der Waals surface area (Å²) in [4.78, 5) is 22.7. The summed E-state index contributed by atoms with van der Waals surface area (Å²) in [6.45, 7) is 5.80. The lowest BCUT2D eigenvalue weighted by molar-refractivity contribution is -0.120. The van der Waals surface area contributed by atoms with E-state index in [4.69, 9.17) is 21.7 Å². The molecule has 0 spiro atoms. The molecule has 132 valence electrons. The van der Waals surface area contributed by atoms with Gasteiger partial charge in [-0.2, -0.15) is 0 Å². The molecule has 0 atom stereocenters. The van der Waals surface area contributed by atoms with E-state index in [1.54, 1.807) is 12.1 Å². The number of nitrogens with one attached hydrogen (secondary N) is 2. The molecule has 0 aliphatic heterocycles. The lowest BCUT2D eigenvalue weighted by Gasteiger charge is -2.12. The Morgan fingerprint density at radius 1 is 1.24 bits per heavy atom. The van der Waals surface area contributed by atoms with Crippen molar-refractivity contribution in [2.75, 3.05) is 5.32 Å². The maximum atomic E-state index is 11.8. The molecule has 2 rings (SSSR count). The molecule has 25 heavy (non-hydrogen) atoms. The Morgan fingerprint density at radius 3 is 2.56 bits per heavy atom. The van der Waals surface area contributed by atoms with Crippen LogP contribution in [0.5, 0.6) is 0 Å². The molecule has 0 aliphatic carbocycles. The number of benzene rings is 1. The van der Waals surface area contributed by atoms with Crippen molar-refractivity contribution in [3.05, 3.63) is 41.7 Å². The van der Waals surface area contributed by atoms with Gasteiger partial charge in [-0.05, 0) is 54.9 Å². The molecule has 1 aromatic carbocycles. The molecule has 0 bridgehead atoms. The van der Waals surface area contributed by atoms with Gasteiger partial charge in [-0.25, -0.2) is 4.79 Å². The number of carbonyl (C=O) groups excluding carboxylic acids is 1. The van der Waals surface area contributed by atoms with E-state index in [9.17, 15) is 9.59 Å². The number of hydrogen-bond acceptors (Lipinski definition) is 4. The molecular formula is C18H20N2O4S. The van der Waals surface area contributed by atoms with Crippen LogP contribution in [0.25, 0.3) is 11.3 Å². The summed E-state index contributed by atoms with van der Waals surface area (Å²) in [6, 6.07) is 8.49. The second-order valence-electron chi connectivity index (χ2n) is 6.10. The van der Waals surface area contributed by atoms with Gasteiger partial charge in [-0.15, -0.1) is 0 Å². The predicted molar refractivity (Wildman–Crippen MR) is 99.7 cm³/mol. The van der Waals surface area contributed by atoms with E-state index in [1.165, 1.54) is 6.07 Å². The number of rotatable bonds is 5. The summed E-state index contributed by atoms with van der Waals surface area (Å²) < 4.78 is 5.35. The van der Waals surface area contributed by atoms with E-state index >= 15 is 0 Å². The first-order valence-corrected chi connectivity index (χ1v) is 8.22. The topological polar surface area (TPSA) is 91.6 Å². The number of carbonyl (C=O) groups is 2. The Bertz CT molecular complexity index is 811. The summed E-state index contributed by atoms with van der Waals surface area (Å²) in [7, 11) is 0. The van der Waals surface area contributed by atoms with Crippen molar-refractivity contribution >= 4 is 34.9 Å². The van der Waals surface area contributed by atoms with Gasteiger partial charge in [0.1, 0.15) is 5.76 Å². The molecular weight excluding hydrogens is 340 g/mol. The van der Waals surface area contributed by atoms with Crippen LogP contribution in [0.2, 0.25) is 0 Å². The zero-order valence-electron chi connectivity index (χ0n) is 14.3. The smallest absolute Gasteiger partial charge is 0.371 e. The molecule has 0 aliphatic rings. The van der Waals surface area contributed by atoms with E-state index in [2.05, 4.69) is 10.6 Å². The molecule has 1 aromatic heterocycles. The van der Waals surface area contributed by atoms with Crippen LogP contribution in [-0.4, -0.2) is 22.1 Å². The Hall–Kier alpha value is -2.67. The molecule has 7 heteroatoms. The second kappa shape index (κ2) is 7.94. The van der Waals surface area contributed by atoms with Crippen molar-refractivity contribution < 1.29 is 19.1 Å². The van der Waals surface area contributed by atoms with Crippen molar-refractivity contribution in [3.63, 3.8) is 0 Å². The molecule has 0 saturated carbocycles. The summed E-state index contributed by atoms with van der Waals surface area (Å²) in [6.07, 6.45) is 0.394. The lowest BCUT2D eigenvalue weighted by atomic mass is 10.1. The van der Waals surface area contributed by atoms with E-state index in [-0.39, 0.29) is 22.7 Å². The Balaban J connectivity index is 2.14. The zero-order chi connectivity index (χ0) is 18.6. The van der Waals surface area contributed by atoms with E-state index < -0.39 is 5.97 Å². The number of thiocarbonyl (C=S) groups is 1. The molecule has 3 N–H and O–H groups in total. The highest BCUT2D eigenvalue weighted by molar-refractivity contribution is 7.80. The zero-order valence-corrected chi connectivity index (χ0v) is 15.1.